The molecule has 0 saturated carbocycles. The molecule has 0 aliphatic carbocycles. The van der Waals surface area contributed by atoms with E-state index in [1.165, 1.54) is 12.1 Å². The summed E-state index contributed by atoms with van der Waals surface area (Å²) in [6, 6.07) is 7.28. The van der Waals surface area contributed by atoms with Crippen molar-refractivity contribution in [3.05, 3.63) is 62.8 Å². The van der Waals surface area contributed by atoms with Gasteiger partial charge < -0.3 is 4.90 Å². The lowest BCUT2D eigenvalue weighted by molar-refractivity contribution is -0.144. The average molecular weight is 592 g/mol. The number of nitrogens with zero attached hydrogens (tertiary/aromatic N) is 3. The van der Waals surface area contributed by atoms with E-state index in [-0.39, 0.29) is 12.5 Å². The average Bonchev–Trinajstić information content (AvgIpc) is 3.07. The van der Waals surface area contributed by atoms with Gasteiger partial charge in [-0.3, -0.25) is 14.5 Å². The number of amides is 2. The second kappa shape index (κ2) is 11.5. The molecule has 1 unspecified atom stereocenters. The van der Waals surface area contributed by atoms with Gasteiger partial charge in [-0.05, 0) is 55.2 Å². The van der Waals surface area contributed by atoms with Crippen molar-refractivity contribution >= 4 is 33.4 Å². The van der Waals surface area contributed by atoms with Gasteiger partial charge in [-0.15, -0.1) is 0 Å². The minimum atomic E-state index is -5.05. The molecule has 0 fully saturated rings. The Kier molecular flexibility index (Phi) is 8.97. The van der Waals surface area contributed by atoms with Crippen LogP contribution < -0.4 is 4.90 Å². The zero-order valence-corrected chi connectivity index (χ0v) is 24.0. The van der Waals surface area contributed by atoms with Crippen LogP contribution in [0.4, 0.5) is 18.9 Å². The lowest BCUT2D eigenvalue weighted by atomic mass is 9.83. The topological polar surface area (TPSA) is 64.4 Å². The van der Waals surface area contributed by atoms with Crippen LogP contribution in [0, 0.1) is 17.2 Å². The number of nitriles is 1. The standard InChI is InChI=1S/C29H33BrF3N3O2/c1-6-9-10-18(7-2)17-36-26(37)20(25(29(31,32)33)21(16-34)27(36)38)12-14-24-28(4,5)22-15-19(30)11-13-23(22)35(24)8-3/h11-15,18H,6-10,17H2,1-5H3/b20-12-,24-14+. The number of hydrogen-bond acceptors (Lipinski definition) is 4. The summed E-state index contributed by atoms with van der Waals surface area (Å²) in [6.45, 7) is 10.4. The van der Waals surface area contributed by atoms with Gasteiger partial charge in [-0.2, -0.15) is 18.4 Å². The van der Waals surface area contributed by atoms with Gasteiger partial charge in [0.1, 0.15) is 11.6 Å². The Morgan fingerprint density at radius 1 is 1.11 bits per heavy atom. The molecular weight excluding hydrogens is 559 g/mol. The summed E-state index contributed by atoms with van der Waals surface area (Å²) in [7, 11) is 0. The largest absolute Gasteiger partial charge is 0.418 e. The highest BCUT2D eigenvalue weighted by Gasteiger charge is 2.49. The maximum Gasteiger partial charge on any atom is 0.418 e. The summed E-state index contributed by atoms with van der Waals surface area (Å²) >= 11 is 3.49. The van der Waals surface area contributed by atoms with E-state index in [1.807, 2.05) is 57.7 Å². The van der Waals surface area contributed by atoms with E-state index < -0.39 is 40.1 Å². The Bertz CT molecular complexity index is 1250. The number of likely N-dealkylation sites (N-methyl/N-ethyl adjacent to an activating group) is 1. The van der Waals surface area contributed by atoms with Crippen LogP contribution in [0.15, 0.2) is 57.2 Å². The second-order valence-corrected chi connectivity index (χ2v) is 11.1. The third-order valence-corrected chi connectivity index (χ3v) is 7.90. The Morgan fingerprint density at radius 2 is 1.79 bits per heavy atom. The number of rotatable bonds is 8. The van der Waals surface area contributed by atoms with Gasteiger partial charge in [0.2, 0.25) is 0 Å². The maximum absolute atomic E-state index is 14.2. The summed E-state index contributed by atoms with van der Waals surface area (Å²) in [4.78, 5) is 29.3. The highest BCUT2D eigenvalue weighted by atomic mass is 79.9. The molecule has 1 atom stereocenters. The van der Waals surface area contributed by atoms with Gasteiger partial charge in [0.25, 0.3) is 11.8 Å². The molecule has 1 aromatic carbocycles. The predicted octanol–water partition coefficient (Wildman–Crippen LogP) is 7.34. The Balaban J connectivity index is 2.18. The number of alkyl halides is 3. The molecule has 2 heterocycles. The fourth-order valence-electron chi connectivity index (χ4n) is 5.27. The van der Waals surface area contributed by atoms with E-state index in [1.54, 1.807) is 0 Å². The summed E-state index contributed by atoms with van der Waals surface area (Å²) < 4.78 is 43.6. The fourth-order valence-corrected chi connectivity index (χ4v) is 5.63. The molecular formula is C29H33BrF3N3O2. The molecule has 5 nitrogen and oxygen atoms in total. The Labute approximate surface area is 230 Å². The molecule has 204 valence electrons. The van der Waals surface area contributed by atoms with Crippen molar-refractivity contribution in [1.29, 1.82) is 5.26 Å². The zero-order chi connectivity index (χ0) is 28.4. The molecule has 0 bridgehead atoms. The predicted molar refractivity (Wildman–Crippen MR) is 145 cm³/mol. The number of carbonyl (C=O) groups excluding carboxylic acids is 2. The first-order chi connectivity index (χ1) is 17.8. The third kappa shape index (κ3) is 5.47. The minimum absolute atomic E-state index is 0.0234. The number of benzene rings is 1. The quantitative estimate of drug-likeness (QED) is 0.234. The monoisotopic (exact) mass is 591 g/mol. The minimum Gasteiger partial charge on any atom is -0.344 e. The molecule has 1 aromatic rings. The van der Waals surface area contributed by atoms with Gasteiger partial charge in [-0.25, -0.2) is 0 Å². The number of hydrogen-bond donors (Lipinski definition) is 0. The zero-order valence-electron chi connectivity index (χ0n) is 22.4. The molecule has 2 aliphatic rings. The molecule has 2 amide bonds. The van der Waals surface area contributed by atoms with Crippen LogP contribution in [0.2, 0.25) is 0 Å². The lowest BCUT2D eigenvalue weighted by Crippen LogP contribution is -2.47. The van der Waals surface area contributed by atoms with Crippen molar-refractivity contribution in [2.75, 3.05) is 18.0 Å². The SMILES string of the molecule is CCCCC(CC)CN1C(=O)C(C#N)=C(C(F)(F)F)/C(=C/C=C2/N(CC)c3ccc(Br)cc3C2(C)C)C1=O. The van der Waals surface area contributed by atoms with Crippen LogP contribution in [-0.2, 0) is 15.0 Å². The molecule has 3 rings (SSSR count). The number of imide groups is 1. The van der Waals surface area contributed by atoms with Crippen LogP contribution in [0.1, 0.15) is 65.9 Å². The van der Waals surface area contributed by atoms with E-state index >= 15 is 0 Å². The summed E-state index contributed by atoms with van der Waals surface area (Å²) in [6.07, 6.45) is 0.786. The maximum atomic E-state index is 14.2. The highest BCUT2D eigenvalue weighted by molar-refractivity contribution is 9.10. The molecule has 9 heteroatoms. The number of anilines is 1. The van der Waals surface area contributed by atoms with Crippen LogP contribution >= 0.6 is 15.9 Å². The first kappa shape index (κ1) is 29.7. The van der Waals surface area contributed by atoms with Crippen molar-refractivity contribution in [2.45, 2.75) is 71.9 Å². The van der Waals surface area contributed by atoms with Crippen molar-refractivity contribution in [3.63, 3.8) is 0 Å². The molecule has 38 heavy (non-hydrogen) atoms. The number of halogens is 4. The summed E-state index contributed by atoms with van der Waals surface area (Å²) in [5.74, 6) is -2.27. The molecule has 0 spiro atoms. The van der Waals surface area contributed by atoms with E-state index in [0.29, 0.717) is 18.7 Å². The summed E-state index contributed by atoms with van der Waals surface area (Å²) in [5.41, 5.74) is -1.12. The first-order valence-corrected chi connectivity index (χ1v) is 13.7. The van der Waals surface area contributed by atoms with E-state index in [4.69, 9.17) is 0 Å². The second-order valence-electron chi connectivity index (χ2n) is 10.2. The smallest absolute Gasteiger partial charge is 0.344 e. The number of fused-ring (bicyclic) bond motifs is 1. The number of unbranched alkanes of at least 4 members (excludes halogenated alkanes) is 1. The lowest BCUT2D eigenvalue weighted by Gasteiger charge is -2.32. The molecule has 0 aromatic heterocycles. The van der Waals surface area contributed by atoms with Crippen LogP contribution in [0.25, 0.3) is 0 Å². The number of allylic oxidation sites excluding steroid dienone is 3. The van der Waals surface area contributed by atoms with Crippen molar-refractivity contribution in [2.24, 2.45) is 5.92 Å². The Hall–Kier alpha value is -2.86. The molecule has 0 radical (unpaired) electrons. The van der Waals surface area contributed by atoms with Crippen LogP contribution in [0.3, 0.4) is 0 Å². The highest BCUT2D eigenvalue weighted by Crippen LogP contribution is 2.48. The van der Waals surface area contributed by atoms with Crippen molar-refractivity contribution in [3.8, 4) is 6.07 Å². The van der Waals surface area contributed by atoms with Gasteiger partial charge >= 0.3 is 6.18 Å². The van der Waals surface area contributed by atoms with E-state index in [0.717, 1.165) is 46.0 Å². The molecule has 2 aliphatic heterocycles. The molecule has 0 N–H and O–H groups in total. The van der Waals surface area contributed by atoms with Gasteiger partial charge in [0, 0.05) is 34.4 Å². The van der Waals surface area contributed by atoms with Crippen LogP contribution in [-0.4, -0.2) is 36.0 Å². The normalized spacial score (nSPS) is 20.4. The fraction of sp³-hybridized carbons (Fsp3) is 0.483. The van der Waals surface area contributed by atoms with Gasteiger partial charge in [-0.1, -0.05) is 62.9 Å². The Morgan fingerprint density at radius 3 is 2.34 bits per heavy atom. The summed E-state index contributed by atoms with van der Waals surface area (Å²) in [5, 5.41) is 9.62. The van der Waals surface area contributed by atoms with E-state index in [9.17, 15) is 28.0 Å². The van der Waals surface area contributed by atoms with E-state index in [2.05, 4.69) is 15.9 Å². The van der Waals surface area contributed by atoms with Crippen molar-refractivity contribution in [1.82, 2.24) is 4.90 Å². The van der Waals surface area contributed by atoms with Gasteiger partial charge in [0.05, 0.1) is 11.1 Å². The van der Waals surface area contributed by atoms with Crippen LogP contribution in [0.5, 0.6) is 0 Å². The first-order valence-electron chi connectivity index (χ1n) is 12.9. The third-order valence-electron chi connectivity index (χ3n) is 7.41. The van der Waals surface area contributed by atoms with Gasteiger partial charge in [0.15, 0.2) is 0 Å². The van der Waals surface area contributed by atoms with Crippen molar-refractivity contribution < 1.29 is 22.8 Å². The molecule has 0 saturated heterocycles. The number of carbonyl (C=O) groups is 2.